The maximum absolute atomic E-state index is 13.0. The normalized spacial score (nSPS) is 25.3. The quantitative estimate of drug-likeness (QED) is 0.673. The molecule has 1 heterocycles. The standard InChI is InChI=1S/C12H19BrF3NO2/c1-11(2,3)19-10(18)17-7-8(6-13)4-5-9(17)12(14,15)16/h8-9H,4-7H2,1-3H3. The van der Waals surface area contributed by atoms with Crippen molar-refractivity contribution in [2.75, 3.05) is 11.9 Å². The van der Waals surface area contributed by atoms with Gasteiger partial charge in [-0.1, -0.05) is 15.9 Å². The lowest BCUT2D eigenvalue weighted by molar-refractivity contribution is -0.190. The zero-order valence-electron chi connectivity index (χ0n) is 11.3. The molecule has 0 radical (unpaired) electrons. The van der Waals surface area contributed by atoms with Gasteiger partial charge in [-0.2, -0.15) is 13.2 Å². The smallest absolute Gasteiger partial charge is 0.410 e. The summed E-state index contributed by atoms with van der Waals surface area (Å²) in [5.41, 5.74) is -0.797. The van der Waals surface area contributed by atoms with E-state index < -0.39 is 23.9 Å². The Morgan fingerprint density at radius 1 is 1.32 bits per heavy atom. The highest BCUT2D eigenvalue weighted by Gasteiger charge is 2.48. The van der Waals surface area contributed by atoms with Gasteiger partial charge >= 0.3 is 12.3 Å². The molecule has 112 valence electrons. The molecule has 1 fully saturated rings. The number of carbonyl (C=O) groups excluding carboxylic acids is 1. The summed E-state index contributed by atoms with van der Waals surface area (Å²) < 4.78 is 43.9. The fourth-order valence-electron chi connectivity index (χ4n) is 2.03. The summed E-state index contributed by atoms with van der Waals surface area (Å²) in [7, 11) is 0. The van der Waals surface area contributed by atoms with E-state index >= 15 is 0 Å². The van der Waals surface area contributed by atoms with E-state index in [1.807, 2.05) is 0 Å². The molecule has 0 saturated carbocycles. The average molecular weight is 346 g/mol. The van der Waals surface area contributed by atoms with Gasteiger partial charge in [-0.3, -0.25) is 4.90 Å². The third kappa shape index (κ3) is 4.85. The second kappa shape index (κ2) is 5.89. The molecule has 2 unspecified atom stereocenters. The molecule has 2 atom stereocenters. The number of piperidine rings is 1. The first-order valence-electron chi connectivity index (χ1n) is 6.17. The average Bonchev–Trinajstić information content (AvgIpc) is 2.24. The molecule has 0 bridgehead atoms. The lowest BCUT2D eigenvalue weighted by Gasteiger charge is -2.40. The minimum absolute atomic E-state index is 0.0334. The first kappa shape index (κ1) is 16.6. The van der Waals surface area contributed by atoms with Crippen molar-refractivity contribution < 1.29 is 22.7 Å². The third-order valence-electron chi connectivity index (χ3n) is 2.90. The molecule has 3 nitrogen and oxygen atoms in total. The van der Waals surface area contributed by atoms with Crippen molar-refractivity contribution in [2.45, 2.75) is 51.4 Å². The number of ether oxygens (including phenoxy) is 1. The third-order valence-corrected chi connectivity index (χ3v) is 3.82. The maximum atomic E-state index is 13.0. The van der Waals surface area contributed by atoms with Gasteiger partial charge in [0.2, 0.25) is 0 Å². The summed E-state index contributed by atoms with van der Waals surface area (Å²) >= 11 is 3.26. The van der Waals surface area contributed by atoms with Crippen molar-refractivity contribution in [3.05, 3.63) is 0 Å². The van der Waals surface area contributed by atoms with Crippen molar-refractivity contribution in [1.82, 2.24) is 4.90 Å². The minimum Gasteiger partial charge on any atom is -0.444 e. The number of hydrogen-bond donors (Lipinski definition) is 0. The van der Waals surface area contributed by atoms with Crippen LogP contribution in [0.2, 0.25) is 0 Å². The van der Waals surface area contributed by atoms with Crippen LogP contribution < -0.4 is 0 Å². The number of carbonyl (C=O) groups is 1. The molecule has 0 aromatic heterocycles. The minimum atomic E-state index is -4.41. The van der Waals surface area contributed by atoms with Gasteiger partial charge in [-0.15, -0.1) is 0 Å². The van der Waals surface area contributed by atoms with E-state index in [2.05, 4.69) is 15.9 Å². The van der Waals surface area contributed by atoms with Gasteiger partial charge < -0.3 is 4.74 Å². The summed E-state index contributed by atoms with van der Waals surface area (Å²) in [6.07, 6.45) is -4.91. The summed E-state index contributed by atoms with van der Waals surface area (Å²) in [6.45, 7) is 4.99. The predicted octanol–water partition coefficient (Wildman–Crippen LogP) is 3.96. The fourth-order valence-corrected chi connectivity index (χ4v) is 2.56. The Hall–Kier alpha value is -0.460. The van der Waals surface area contributed by atoms with E-state index in [-0.39, 0.29) is 18.9 Å². The molecule has 7 heteroatoms. The molecule has 0 aromatic rings. The van der Waals surface area contributed by atoms with Crippen LogP contribution in [0.4, 0.5) is 18.0 Å². The first-order chi connectivity index (χ1) is 8.54. The molecule has 1 aliphatic heterocycles. The number of hydrogen-bond acceptors (Lipinski definition) is 2. The van der Waals surface area contributed by atoms with Crippen LogP contribution in [0.5, 0.6) is 0 Å². The Labute approximate surface area is 119 Å². The van der Waals surface area contributed by atoms with E-state index in [9.17, 15) is 18.0 Å². The first-order valence-corrected chi connectivity index (χ1v) is 7.29. The monoisotopic (exact) mass is 345 g/mol. The predicted molar refractivity (Wildman–Crippen MR) is 69.3 cm³/mol. The number of rotatable bonds is 1. The van der Waals surface area contributed by atoms with Crippen molar-refractivity contribution >= 4 is 22.0 Å². The summed E-state index contributed by atoms with van der Waals surface area (Å²) in [4.78, 5) is 12.7. The van der Waals surface area contributed by atoms with Crippen LogP contribution >= 0.6 is 15.9 Å². The van der Waals surface area contributed by atoms with Crippen molar-refractivity contribution in [3.63, 3.8) is 0 Å². The lowest BCUT2D eigenvalue weighted by Crippen LogP contribution is -2.54. The topological polar surface area (TPSA) is 29.5 Å². The van der Waals surface area contributed by atoms with Gasteiger partial charge in [0.15, 0.2) is 0 Å². The second-order valence-electron chi connectivity index (χ2n) is 5.79. The Kier molecular flexibility index (Phi) is 5.15. The maximum Gasteiger partial charge on any atom is 0.410 e. The van der Waals surface area contributed by atoms with Gasteiger partial charge in [0.1, 0.15) is 11.6 Å². The molecule has 1 rings (SSSR count). The molecular weight excluding hydrogens is 327 g/mol. The fraction of sp³-hybridized carbons (Fsp3) is 0.917. The zero-order chi connectivity index (χ0) is 14.8. The van der Waals surface area contributed by atoms with Crippen molar-refractivity contribution in [3.8, 4) is 0 Å². The summed E-state index contributed by atoms with van der Waals surface area (Å²) in [5.74, 6) is 0.0334. The Morgan fingerprint density at radius 2 is 1.89 bits per heavy atom. The van der Waals surface area contributed by atoms with E-state index in [1.165, 1.54) is 0 Å². The molecule has 1 saturated heterocycles. The zero-order valence-corrected chi connectivity index (χ0v) is 12.8. The highest BCUT2D eigenvalue weighted by atomic mass is 79.9. The van der Waals surface area contributed by atoms with E-state index in [4.69, 9.17) is 4.74 Å². The van der Waals surface area contributed by atoms with E-state index in [0.29, 0.717) is 11.8 Å². The van der Waals surface area contributed by atoms with E-state index in [0.717, 1.165) is 4.90 Å². The second-order valence-corrected chi connectivity index (χ2v) is 6.44. The van der Waals surface area contributed by atoms with Gasteiger partial charge in [-0.25, -0.2) is 4.79 Å². The molecule has 0 aliphatic carbocycles. The van der Waals surface area contributed by atoms with Gasteiger partial charge in [0, 0.05) is 11.9 Å². The number of likely N-dealkylation sites (tertiary alicyclic amines) is 1. The molecular formula is C12H19BrF3NO2. The Balaban J connectivity index is 2.85. The molecule has 0 N–H and O–H groups in total. The highest BCUT2D eigenvalue weighted by Crippen LogP contribution is 2.35. The van der Waals surface area contributed by atoms with Gasteiger partial charge in [-0.05, 0) is 39.5 Å². The molecule has 0 aromatic carbocycles. The van der Waals surface area contributed by atoms with Crippen LogP contribution in [0.3, 0.4) is 0 Å². The largest absolute Gasteiger partial charge is 0.444 e. The molecule has 0 spiro atoms. The summed E-state index contributed by atoms with van der Waals surface area (Å²) in [6, 6.07) is -1.74. The van der Waals surface area contributed by atoms with Crippen LogP contribution in [0.15, 0.2) is 0 Å². The SMILES string of the molecule is CC(C)(C)OC(=O)N1CC(CBr)CCC1C(F)(F)F. The van der Waals surface area contributed by atoms with Crippen LogP contribution in [0.25, 0.3) is 0 Å². The number of amides is 1. The van der Waals surface area contributed by atoms with Crippen molar-refractivity contribution in [1.29, 1.82) is 0 Å². The van der Waals surface area contributed by atoms with Gasteiger partial charge in [0.25, 0.3) is 0 Å². The van der Waals surface area contributed by atoms with E-state index in [1.54, 1.807) is 20.8 Å². The van der Waals surface area contributed by atoms with Crippen LogP contribution in [-0.4, -0.2) is 40.7 Å². The number of nitrogens with zero attached hydrogens (tertiary/aromatic N) is 1. The number of alkyl halides is 4. The van der Waals surface area contributed by atoms with Crippen LogP contribution in [0, 0.1) is 5.92 Å². The highest BCUT2D eigenvalue weighted by molar-refractivity contribution is 9.09. The molecule has 1 amide bonds. The van der Waals surface area contributed by atoms with Crippen LogP contribution in [-0.2, 0) is 4.74 Å². The molecule has 1 aliphatic rings. The molecule has 19 heavy (non-hydrogen) atoms. The van der Waals surface area contributed by atoms with Crippen LogP contribution in [0.1, 0.15) is 33.6 Å². The lowest BCUT2D eigenvalue weighted by atomic mass is 9.94. The Bertz CT molecular complexity index is 328. The van der Waals surface area contributed by atoms with Gasteiger partial charge in [0.05, 0.1) is 0 Å². The Morgan fingerprint density at radius 3 is 2.32 bits per heavy atom. The summed E-state index contributed by atoms with van der Waals surface area (Å²) in [5, 5.41) is 0.580. The number of halogens is 4. The van der Waals surface area contributed by atoms with Crippen molar-refractivity contribution in [2.24, 2.45) is 5.92 Å².